The number of carboxylic acids is 1. The van der Waals surface area contributed by atoms with Crippen LogP contribution in [0.2, 0.25) is 0 Å². The molecule has 1 aromatic rings. The number of hydrogen-bond acceptors (Lipinski definition) is 2. The lowest BCUT2D eigenvalue weighted by Gasteiger charge is -2.22. The van der Waals surface area contributed by atoms with Gasteiger partial charge in [-0.25, -0.2) is 0 Å². The Morgan fingerprint density at radius 1 is 1.39 bits per heavy atom. The summed E-state index contributed by atoms with van der Waals surface area (Å²) in [5.41, 5.74) is 3.55. The molecule has 1 N–H and O–H groups in total. The number of carbonyl (C=O) groups is 1. The summed E-state index contributed by atoms with van der Waals surface area (Å²) in [4.78, 5) is 10.7. The molecule has 0 bridgehead atoms. The smallest absolute Gasteiger partial charge is 0.303 e. The van der Waals surface area contributed by atoms with Gasteiger partial charge in [0.2, 0.25) is 0 Å². The van der Waals surface area contributed by atoms with E-state index in [1.54, 1.807) is 0 Å². The SMILES string of the molecule is Cc1nn(C)c(CCC(=O)O)c1C1CCCCC1. The van der Waals surface area contributed by atoms with Crippen LogP contribution in [0.5, 0.6) is 0 Å². The quantitative estimate of drug-likeness (QED) is 0.894. The van der Waals surface area contributed by atoms with Crippen LogP contribution in [-0.2, 0) is 18.3 Å². The maximum atomic E-state index is 10.7. The largest absolute Gasteiger partial charge is 0.481 e. The summed E-state index contributed by atoms with van der Waals surface area (Å²) >= 11 is 0. The molecule has 1 aromatic heterocycles. The molecule has 0 spiro atoms. The standard InChI is InChI=1S/C14H22N2O2/c1-10-14(11-6-4-3-5-7-11)12(16(2)15-10)8-9-13(17)18/h11H,3-9H2,1-2H3,(H,17,18). The summed E-state index contributed by atoms with van der Waals surface area (Å²) in [6.45, 7) is 2.05. The first-order valence-corrected chi connectivity index (χ1v) is 6.83. The van der Waals surface area contributed by atoms with Crippen molar-refractivity contribution < 1.29 is 9.90 Å². The van der Waals surface area contributed by atoms with E-state index >= 15 is 0 Å². The van der Waals surface area contributed by atoms with E-state index in [-0.39, 0.29) is 6.42 Å². The zero-order chi connectivity index (χ0) is 13.1. The van der Waals surface area contributed by atoms with E-state index in [4.69, 9.17) is 5.11 Å². The second-order valence-electron chi connectivity index (χ2n) is 5.30. The molecule has 0 atom stereocenters. The van der Waals surface area contributed by atoms with Crippen LogP contribution in [0.15, 0.2) is 0 Å². The lowest BCUT2D eigenvalue weighted by molar-refractivity contribution is -0.136. The van der Waals surface area contributed by atoms with Crippen molar-refractivity contribution in [1.29, 1.82) is 0 Å². The Balaban J connectivity index is 2.23. The maximum Gasteiger partial charge on any atom is 0.303 e. The Labute approximate surface area is 108 Å². The topological polar surface area (TPSA) is 55.1 Å². The van der Waals surface area contributed by atoms with Crippen LogP contribution >= 0.6 is 0 Å². The molecule has 0 radical (unpaired) electrons. The van der Waals surface area contributed by atoms with Crippen LogP contribution in [0.3, 0.4) is 0 Å². The minimum Gasteiger partial charge on any atom is -0.481 e. The van der Waals surface area contributed by atoms with E-state index in [0.29, 0.717) is 12.3 Å². The third kappa shape index (κ3) is 2.74. The van der Waals surface area contributed by atoms with E-state index in [0.717, 1.165) is 11.4 Å². The Hall–Kier alpha value is -1.32. The summed E-state index contributed by atoms with van der Waals surface area (Å²) in [7, 11) is 1.93. The molecule has 0 aliphatic heterocycles. The summed E-state index contributed by atoms with van der Waals surface area (Å²) < 4.78 is 1.88. The van der Waals surface area contributed by atoms with E-state index in [1.807, 2.05) is 18.7 Å². The first-order valence-electron chi connectivity index (χ1n) is 6.83. The molecule has 4 nitrogen and oxygen atoms in total. The van der Waals surface area contributed by atoms with Gasteiger partial charge in [0.15, 0.2) is 0 Å². The Morgan fingerprint density at radius 2 is 2.06 bits per heavy atom. The fourth-order valence-corrected chi connectivity index (χ4v) is 3.17. The Kier molecular flexibility index (Phi) is 4.04. The number of carboxylic acid groups (broad SMARTS) is 1. The highest BCUT2D eigenvalue weighted by Gasteiger charge is 2.24. The van der Waals surface area contributed by atoms with Crippen LogP contribution in [0.4, 0.5) is 0 Å². The third-order valence-electron chi connectivity index (χ3n) is 3.98. The van der Waals surface area contributed by atoms with Gasteiger partial charge < -0.3 is 5.11 Å². The van der Waals surface area contributed by atoms with Crippen LogP contribution in [0.1, 0.15) is 61.4 Å². The van der Waals surface area contributed by atoms with Crippen molar-refractivity contribution in [1.82, 2.24) is 9.78 Å². The fraction of sp³-hybridized carbons (Fsp3) is 0.714. The molecular formula is C14H22N2O2. The maximum absolute atomic E-state index is 10.7. The predicted octanol–water partition coefficient (Wildman–Crippen LogP) is 2.79. The average molecular weight is 250 g/mol. The van der Waals surface area contributed by atoms with Gasteiger partial charge in [0, 0.05) is 19.2 Å². The fourth-order valence-electron chi connectivity index (χ4n) is 3.17. The van der Waals surface area contributed by atoms with Crippen molar-refractivity contribution >= 4 is 5.97 Å². The lowest BCUT2D eigenvalue weighted by atomic mass is 9.82. The number of aliphatic carboxylic acids is 1. The van der Waals surface area contributed by atoms with Gasteiger partial charge in [-0.1, -0.05) is 19.3 Å². The van der Waals surface area contributed by atoms with Crippen molar-refractivity contribution in [2.24, 2.45) is 7.05 Å². The summed E-state index contributed by atoms with van der Waals surface area (Å²) in [6.07, 6.45) is 7.16. The molecule has 2 rings (SSSR count). The van der Waals surface area contributed by atoms with Crippen molar-refractivity contribution in [3.05, 3.63) is 17.0 Å². The number of nitrogens with zero attached hydrogens (tertiary/aromatic N) is 2. The average Bonchev–Trinajstić information content (AvgIpc) is 2.62. The minimum atomic E-state index is -0.733. The summed E-state index contributed by atoms with van der Waals surface area (Å²) in [5.74, 6) is -0.139. The van der Waals surface area contributed by atoms with Crippen LogP contribution in [-0.4, -0.2) is 20.9 Å². The molecule has 4 heteroatoms. The molecule has 1 saturated carbocycles. The molecule has 1 fully saturated rings. The molecule has 0 saturated heterocycles. The van der Waals surface area contributed by atoms with Crippen molar-refractivity contribution in [2.45, 2.75) is 57.8 Å². The Bertz CT molecular complexity index is 431. The highest BCUT2D eigenvalue weighted by molar-refractivity contribution is 5.67. The van der Waals surface area contributed by atoms with Crippen LogP contribution < -0.4 is 0 Å². The van der Waals surface area contributed by atoms with E-state index in [9.17, 15) is 4.79 Å². The Morgan fingerprint density at radius 3 is 2.67 bits per heavy atom. The molecule has 100 valence electrons. The van der Waals surface area contributed by atoms with Crippen molar-refractivity contribution in [2.75, 3.05) is 0 Å². The van der Waals surface area contributed by atoms with Gasteiger partial charge in [-0.15, -0.1) is 0 Å². The van der Waals surface area contributed by atoms with Gasteiger partial charge in [-0.2, -0.15) is 5.10 Å². The predicted molar refractivity (Wildman–Crippen MR) is 69.7 cm³/mol. The monoisotopic (exact) mass is 250 g/mol. The zero-order valence-electron chi connectivity index (χ0n) is 11.3. The van der Waals surface area contributed by atoms with Crippen LogP contribution in [0, 0.1) is 6.92 Å². The number of aromatic nitrogens is 2. The lowest BCUT2D eigenvalue weighted by Crippen LogP contribution is -2.10. The van der Waals surface area contributed by atoms with Crippen LogP contribution in [0.25, 0.3) is 0 Å². The van der Waals surface area contributed by atoms with Gasteiger partial charge in [0.05, 0.1) is 12.1 Å². The van der Waals surface area contributed by atoms with Crippen molar-refractivity contribution in [3.8, 4) is 0 Å². The van der Waals surface area contributed by atoms with Gasteiger partial charge in [-0.05, 0) is 31.2 Å². The summed E-state index contributed by atoms with van der Waals surface area (Å²) in [6, 6.07) is 0. The number of hydrogen-bond donors (Lipinski definition) is 1. The highest BCUT2D eigenvalue weighted by atomic mass is 16.4. The second-order valence-corrected chi connectivity index (χ2v) is 5.30. The minimum absolute atomic E-state index is 0.193. The zero-order valence-corrected chi connectivity index (χ0v) is 11.3. The molecule has 1 aliphatic rings. The first kappa shape index (κ1) is 13.1. The van der Waals surface area contributed by atoms with E-state index < -0.39 is 5.97 Å². The molecule has 0 unspecified atom stereocenters. The molecule has 0 amide bonds. The number of rotatable bonds is 4. The third-order valence-corrected chi connectivity index (χ3v) is 3.98. The van der Waals surface area contributed by atoms with E-state index in [2.05, 4.69) is 5.10 Å². The molecule has 1 heterocycles. The summed E-state index contributed by atoms with van der Waals surface area (Å²) in [5, 5.41) is 13.3. The normalized spacial score (nSPS) is 17.0. The highest BCUT2D eigenvalue weighted by Crippen LogP contribution is 2.36. The van der Waals surface area contributed by atoms with Gasteiger partial charge in [0.25, 0.3) is 0 Å². The molecule has 1 aliphatic carbocycles. The molecular weight excluding hydrogens is 228 g/mol. The second kappa shape index (κ2) is 5.55. The van der Waals surface area contributed by atoms with Gasteiger partial charge >= 0.3 is 5.97 Å². The number of aryl methyl sites for hydroxylation is 2. The van der Waals surface area contributed by atoms with Crippen molar-refractivity contribution in [3.63, 3.8) is 0 Å². The molecule has 0 aromatic carbocycles. The van der Waals surface area contributed by atoms with E-state index in [1.165, 1.54) is 37.7 Å². The first-order chi connectivity index (χ1) is 8.59. The van der Waals surface area contributed by atoms with Gasteiger partial charge in [0.1, 0.15) is 0 Å². The van der Waals surface area contributed by atoms with Gasteiger partial charge in [-0.3, -0.25) is 9.48 Å². The molecule has 18 heavy (non-hydrogen) atoms.